The number of hydrogen-bond donors (Lipinski definition) is 0. The Balaban J connectivity index is 3.21. The van der Waals surface area contributed by atoms with Crippen LogP contribution in [-0.4, -0.2) is 19.7 Å². The molecule has 0 aliphatic carbocycles. The van der Waals surface area contributed by atoms with Gasteiger partial charge in [0.2, 0.25) is 0 Å². The van der Waals surface area contributed by atoms with Crippen LogP contribution in [-0.2, 0) is 11.2 Å². The molecule has 106 valence electrons. The van der Waals surface area contributed by atoms with E-state index in [9.17, 15) is 13.6 Å². The Morgan fingerprint density at radius 1 is 1.26 bits per heavy atom. The minimum atomic E-state index is -2.95. The van der Waals surface area contributed by atoms with Gasteiger partial charge in [0.15, 0.2) is 0 Å². The second kappa shape index (κ2) is 6.92. The van der Waals surface area contributed by atoms with E-state index in [0.29, 0.717) is 12.0 Å². The molecule has 0 radical (unpaired) electrons. The molecule has 1 rings (SSSR count). The Hall–Kier alpha value is -1.85. The quantitative estimate of drug-likeness (QED) is 0.590. The monoisotopic (exact) mass is 274 g/mol. The molecule has 1 aromatic carbocycles. The van der Waals surface area contributed by atoms with Crippen LogP contribution in [0, 0.1) is 0 Å². The Kier molecular flexibility index (Phi) is 5.54. The van der Waals surface area contributed by atoms with Gasteiger partial charge in [-0.3, -0.25) is 4.79 Å². The summed E-state index contributed by atoms with van der Waals surface area (Å²) in [6, 6.07) is 2.82. The maximum Gasteiger partial charge on any atom is 0.387 e. The molecule has 19 heavy (non-hydrogen) atoms. The van der Waals surface area contributed by atoms with Crippen molar-refractivity contribution in [3.63, 3.8) is 0 Å². The van der Waals surface area contributed by atoms with Crippen molar-refractivity contribution in [1.82, 2.24) is 0 Å². The molecule has 4 nitrogen and oxygen atoms in total. The van der Waals surface area contributed by atoms with Crippen molar-refractivity contribution in [2.24, 2.45) is 0 Å². The number of benzene rings is 1. The molecule has 0 saturated heterocycles. The molecule has 0 heterocycles. The van der Waals surface area contributed by atoms with Crippen LogP contribution < -0.4 is 14.2 Å². The second-order valence-electron chi connectivity index (χ2n) is 3.66. The molecule has 0 atom stereocenters. The molecular formula is C13H16F2O4. The van der Waals surface area contributed by atoms with Crippen molar-refractivity contribution in [3.8, 4) is 17.2 Å². The van der Waals surface area contributed by atoms with Gasteiger partial charge in [0, 0.05) is 24.1 Å². The number of carbonyl (C=O) groups is 1. The van der Waals surface area contributed by atoms with E-state index in [0.717, 1.165) is 0 Å². The first kappa shape index (κ1) is 15.2. The van der Waals surface area contributed by atoms with Gasteiger partial charge in [-0.1, -0.05) is 13.8 Å². The van der Waals surface area contributed by atoms with E-state index < -0.39 is 12.6 Å². The molecule has 0 bridgehead atoms. The summed E-state index contributed by atoms with van der Waals surface area (Å²) < 4.78 is 39.2. The predicted molar refractivity (Wildman–Crippen MR) is 64.9 cm³/mol. The SMILES string of the molecule is CCC(=O)Oc1cc(OC)cc(OC(F)F)c1CC. The van der Waals surface area contributed by atoms with Crippen LogP contribution in [0.3, 0.4) is 0 Å². The second-order valence-corrected chi connectivity index (χ2v) is 3.66. The van der Waals surface area contributed by atoms with Gasteiger partial charge in [-0.05, 0) is 6.42 Å². The lowest BCUT2D eigenvalue weighted by atomic mass is 10.1. The van der Waals surface area contributed by atoms with Gasteiger partial charge in [0.25, 0.3) is 0 Å². The van der Waals surface area contributed by atoms with E-state index in [-0.39, 0.29) is 23.7 Å². The first-order valence-corrected chi connectivity index (χ1v) is 5.88. The molecule has 0 aliphatic rings. The minimum absolute atomic E-state index is 0.0456. The van der Waals surface area contributed by atoms with Crippen molar-refractivity contribution in [1.29, 1.82) is 0 Å². The molecule has 0 spiro atoms. The van der Waals surface area contributed by atoms with E-state index in [1.165, 1.54) is 19.2 Å². The Morgan fingerprint density at radius 3 is 2.37 bits per heavy atom. The number of esters is 1. The fraction of sp³-hybridized carbons (Fsp3) is 0.462. The van der Waals surface area contributed by atoms with Gasteiger partial charge in [-0.25, -0.2) is 0 Å². The highest BCUT2D eigenvalue weighted by Gasteiger charge is 2.17. The number of hydrogen-bond acceptors (Lipinski definition) is 4. The van der Waals surface area contributed by atoms with Crippen molar-refractivity contribution >= 4 is 5.97 Å². The van der Waals surface area contributed by atoms with Crippen LogP contribution in [0.15, 0.2) is 12.1 Å². The highest BCUT2D eigenvalue weighted by molar-refractivity contribution is 5.73. The maximum absolute atomic E-state index is 12.4. The highest BCUT2D eigenvalue weighted by atomic mass is 19.3. The molecule has 0 saturated carbocycles. The van der Waals surface area contributed by atoms with Gasteiger partial charge in [-0.15, -0.1) is 0 Å². The zero-order valence-corrected chi connectivity index (χ0v) is 11.0. The number of rotatable bonds is 6. The first-order valence-electron chi connectivity index (χ1n) is 5.88. The summed E-state index contributed by atoms with van der Waals surface area (Å²) in [4.78, 5) is 11.3. The number of alkyl halides is 2. The Morgan fingerprint density at radius 2 is 1.89 bits per heavy atom. The first-order chi connectivity index (χ1) is 9.01. The average molecular weight is 274 g/mol. The van der Waals surface area contributed by atoms with Crippen molar-refractivity contribution in [2.75, 3.05) is 7.11 Å². The summed E-state index contributed by atoms with van der Waals surface area (Å²) in [6.07, 6.45) is 0.573. The molecule has 0 unspecified atom stereocenters. The summed E-state index contributed by atoms with van der Waals surface area (Å²) in [5.41, 5.74) is 0.405. The van der Waals surface area contributed by atoms with Gasteiger partial charge in [-0.2, -0.15) is 8.78 Å². The molecule has 1 aromatic rings. The highest BCUT2D eigenvalue weighted by Crippen LogP contribution is 2.35. The van der Waals surface area contributed by atoms with Crippen LogP contribution in [0.4, 0.5) is 8.78 Å². The van der Waals surface area contributed by atoms with E-state index in [4.69, 9.17) is 9.47 Å². The van der Waals surface area contributed by atoms with E-state index in [2.05, 4.69) is 4.74 Å². The fourth-order valence-corrected chi connectivity index (χ4v) is 1.55. The minimum Gasteiger partial charge on any atom is -0.496 e. The number of carbonyl (C=O) groups excluding carboxylic acids is 1. The van der Waals surface area contributed by atoms with Crippen molar-refractivity contribution in [2.45, 2.75) is 33.3 Å². The van der Waals surface area contributed by atoms with Crippen LogP contribution in [0.1, 0.15) is 25.8 Å². The third-order valence-corrected chi connectivity index (χ3v) is 2.46. The molecule has 0 aromatic heterocycles. The van der Waals surface area contributed by atoms with E-state index in [1.54, 1.807) is 13.8 Å². The molecule has 0 amide bonds. The third kappa shape index (κ3) is 4.08. The number of halogens is 2. The average Bonchev–Trinajstić information content (AvgIpc) is 2.37. The van der Waals surface area contributed by atoms with Crippen LogP contribution in [0.2, 0.25) is 0 Å². The molecule has 0 N–H and O–H groups in total. The Labute approximate surface area is 110 Å². The summed E-state index contributed by atoms with van der Waals surface area (Å²) in [5.74, 6) is -0.0298. The smallest absolute Gasteiger partial charge is 0.387 e. The van der Waals surface area contributed by atoms with Crippen LogP contribution >= 0.6 is 0 Å². The van der Waals surface area contributed by atoms with E-state index >= 15 is 0 Å². The van der Waals surface area contributed by atoms with Crippen LogP contribution in [0.5, 0.6) is 17.2 Å². The molecule has 0 fully saturated rings. The van der Waals surface area contributed by atoms with Crippen molar-refractivity contribution < 1.29 is 27.8 Å². The van der Waals surface area contributed by atoms with Crippen molar-refractivity contribution in [3.05, 3.63) is 17.7 Å². The maximum atomic E-state index is 12.4. The van der Waals surface area contributed by atoms with Gasteiger partial charge >= 0.3 is 12.6 Å². The fourth-order valence-electron chi connectivity index (χ4n) is 1.55. The van der Waals surface area contributed by atoms with Gasteiger partial charge in [0.1, 0.15) is 17.2 Å². The molecule has 0 aliphatic heterocycles. The largest absolute Gasteiger partial charge is 0.496 e. The van der Waals surface area contributed by atoms with Crippen LogP contribution in [0.25, 0.3) is 0 Å². The molecular weight excluding hydrogens is 258 g/mol. The summed E-state index contributed by atoms with van der Waals surface area (Å²) in [6.45, 7) is 0.445. The standard InChI is InChI=1S/C13H16F2O4/c1-4-9-10(18-12(16)5-2)6-8(17-3)7-11(9)19-13(14)15/h6-7,13H,4-5H2,1-3H3. The lowest BCUT2D eigenvalue weighted by Crippen LogP contribution is -2.10. The zero-order chi connectivity index (χ0) is 14.4. The summed E-state index contributed by atoms with van der Waals surface area (Å²) >= 11 is 0. The number of ether oxygens (including phenoxy) is 3. The van der Waals surface area contributed by atoms with Gasteiger partial charge < -0.3 is 14.2 Å². The predicted octanol–water partition coefficient (Wildman–Crippen LogP) is 3.17. The zero-order valence-electron chi connectivity index (χ0n) is 11.0. The third-order valence-electron chi connectivity index (χ3n) is 2.46. The number of methoxy groups -OCH3 is 1. The molecule has 6 heteroatoms. The Bertz CT molecular complexity index is 447. The lowest BCUT2D eigenvalue weighted by Gasteiger charge is -2.15. The normalized spacial score (nSPS) is 10.4. The van der Waals surface area contributed by atoms with E-state index in [1.807, 2.05) is 0 Å². The summed E-state index contributed by atoms with van der Waals surface area (Å²) in [5, 5.41) is 0. The topological polar surface area (TPSA) is 44.8 Å². The lowest BCUT2D eigenvalue weighted by molar-refractivity contribution is -0.134. The summed E-state index contributed by atoms with van der Waals surface area (Å²) in [7, 11) is 1.39. The van der Waals surface area contributed by atoms with Gasteiger partial charge in [0.05, 0.1) is 7.11 Å².